The van der Waals surface area contributed by atoms with Crippen LogP contribution in [0.4, 0.5) is 5.69 Å². The van der Waals surface area contributed by atoms with Gasteiger partial charge in [-0.2, -0.15) is 12.6 Å². The molecule has 20 heavy (non-hydrogen) atoms. The van der Waals surface area contributed by atoms with E-state index >= 15 is 0 Å². The van der Waals surface area contributed by atoms with E-state index < -0.39 is 0 Å². The van der Waals surface area contributed by atoms with Gasteiger partial charge >= 0.3 is 0 Å². The van der Waals surface area contributed by atoms with Crippen LogP contribution in [0.5, 0.6) is 0 Å². The number of thiol groups is 1. The zero-order valence-electron chi connectivity index (χ0n) is 12.8. The summed E-state index contributed by atoms with van der Waals surface area (Å²) in [5.41, 5.74) is 2.54. The molecule has 0 aliphatic carbocycles. The highest BCUT2D eigenvalue weighted by molar-refractivity contribution is 7.79. The van der Waals surface area contributed by atoms with Crippen molar-refractivity contribution < 1.29 is 0 Å². The molecule has 2 heteroatoms. The third-order valence-electron chi connectivity index (χ3n) is 2.82. The summed E-state index contributed by atoms with van der Waals surface area (Å²) in [4.78, 5) is 2.19. The van der Waals surface area contributed by atoms with Crippen molar-refractivity contribution in [2.24, 2.45) is 0 Å². The molecule has 0 aromatic heterocycles. The average Bonchev–Trinajstić information content (AvgIpc) is 2.51. The molecule has 0 aliphatic rings. The van der Waals surface area contributed by atoms with Gasteiger partial charge in [-0.15, -0.1) is 19.7 Å². The van der Waals surface area contributed by atoms with E-state index in [9.17, 15) is 0 Å². The Hall–Kier alpha value is -1.67. The molecule has 0 heterocycles. The second-order valence-corrected chi connectivity index (χ2v) is 4.20. The monoisotopic (exact) mass is 287 g/mol. The first-order chi connectivity index (χ1) is 9.70. The van der Waals surface area contributed by atoms with E-state index in [1.165, 1.54) is 22.0 Å². The highest BCUT2D eigenvalue weighted by atomic mass is 32.1. The van der Waals surface area contributed by atoms with E-state index in [1.54, 1.807) is 6.26 Å². The molecule has 0 amide bonds. The van der Waals surface area contributed by atoms with Crippen molar-refractivity contribution >= 4 is 29.1 Å². The molecule has 108 valence electrons. The van der Waals surface area contributed by atoms with Gasteiger partial charge in [-0.1, -0.05) is 35.9 Å². The second kappa shape index (κ2) is 10.2. The Morgan fingerprint density at radius 1 is 1.05 bits per heavy atom. The summed E-state index contributed by atoms with van der Waals surface area (Å²) in [6.45, 7) is 12.8. The Labute approximate surface area is 129 Å². The van der Waals surface area contributed by atoms with Gasteiger partial charge < -0.3 is 4.90 Å². The van der Waals surface area contributed by atoms with Crippen LogP contribution < -0.4 is 4.90 Å². The van der Waals surface area contributed by atoms with Crippen molar-refractivity contribution in [2.45, 2.75) is 6.92 Å². The highest BCUT2D eigenvalue weighted by Gasteiger charge is 2.00. The summed E-state index contributed by atoms with van der Waals surface area (Å²) in [5.74, 6) is 0. The summed E-state index contributed by atoms with van der Waals surface area (Å²) in [6.07, 6.45) is 3.61. The van der Waals surface area contributed by atoms with Crippen LogP contribution in [0.25, 0.3) is 10.8 Å². The summed E-state index contributed by atoms with van der Waals surface area (Å²) < 4.78 is 0. The number of aryl methyl sites for hydroxylation is 1. The maximum Gasteiger partial charge on any atom is 0.0372 e. The van der Waals surface area contributed by atoms with E-state index in [0.29, 0.717) is 0 Å². The number of fused-ring (bicyclic) bond motifs is 1. The highest BCUT2D eigenvalue weighted by Crippen LogP contribution is 2.22. The Balaban J connectivity index is 0.000000829. The molecule has 0 fully saturated rings. The number of benzene rings is 2. The SMILES string of the molecule is C=C.C=CCN(C)c1ccc2cc(C)ccc2c1.CS. The second-order valence-electron chi connectivity index (χ2n) is 4.20. The van der Waals surface area contributed by atoms with Crippen molar-refractivity contribution in [3.05, 3.63) is 67.8 Å². The normalized spacial score (nSPS) is 8.80. The third-order valence-corrected chi connectivity index (χ3v) is 2.82. The van der Waals surface area contributed by atoms with Gasteiger partial charge in [0.15, 0.2) is 0 Å². The number of nitrogens with zero attached hydrogens (tertiary/aromatic N) is 1. The first kappa shape index (κ1) is 18.3. The van der Waals surface area contributed by atoms with Gasteiger partial charge in [0.05, 0.1) is 0 Å². The minimum absolute atomic E-state index is 0.872. The lowest BCUT2D eigenvalue weighted by Crippen LogP contribution is -2.16. The van der Waals surface area contributed by atoms with E-state index in [1.807, 2.05) is 6.08 Å². The van der Waals surface area contributed by atoms with Crippen molar-refractivity contribution in [1.29, 1.82) is 0 Å². The minimum atomic E-state index is 0.872. The lowest BCUT2D eigenvalue weighted by molar-refractivity contribution is 1.03. The molecule has 0 N–H and O–H groups in total. The maximum atomic E-state index is 3.76. The molecular weight excluding hydrogens is 262 g/mol. The maximum absolute atomic E-state index is 3.76. The predicted molar refractivity (Wildman–Crippen MR) is 98.3 cm³/mol. The molecule has 0 saturated carbocycles. The number of hydrogen-bond donors (Lipinski definition) is 1. The molecule has 0 saturated heterocycles. The first-order valence-electron chi connectivity index (χ1n) is 6.48. The molecule has 1 nitrogen and oxygen atoms in total. The van der Waals surface area contributed by atoms with E-state index in [4.69, 9.17) is 0 Å². The van der Waals surface area contributed by atoms with Crippen molar-refractivity contribution in [3.8, 4) is 0 Å². The van der Waals surface area contributed by atoms with Crippen molar-refractivity contribution in [3.63, 3.8) is 0 Å². The Morgan fingerprint density at radius 3 is 2.20 bits per heavy atom. The standard InChI is InChI=1S/C15H17N.C2H4.CH4S/c1-4-9-16(3)15-8-7-13-10-12(2)5-6-14(13)11-15;2*1-2/h4-8,10-11H,1,9H2,2-3H3;1-2H2;2H,1H3. The Bertz CT molecular complexity index is 534. The fourth-order valence-corrected chi connectivity index (χ4v) is 1.89. The lowest BCUT2D eigenvalue weighted by atomic mass is 10.1. The molecule has 0 radical (unpaired) electrons. The fraction of sp³-hybridized carbons (Fsp3) is 0.222. The molecular formula is C18H25NS. The molecule has 0 spiro atoms. The summed E-state index contributed by atoms with van der Waals surface area (Å²) in [7, 11) is 2.08. The van der Waals surface area contributed by atoms with Gasteiger partial charge in [-0.05, 0) is 36.1 Å². The predicted octanol–water partition coefficient (Wildman–Crippen LogP) is 5.12. The smallest absolute Gasteiger partial charge is 0.0372 e. The lowest BCUT2D eigenvalue weighted by Gasteiger charge is -2.17. The van der Waals surface area contributed by atoms with Crippen LogP contribution in [0.15, 0.2) is 62.2 Å². The quantitative estimate of drug-likeness (QED) is 0.606. The zero-order valence-corrected chi connectivity index (χ0v) is 13.7. The van der Waals surface area contributed by atoms with Crippen LogP contribution in [-0.2, 0) is 0 Å². The molecule has 2 aromatic rings. The van der Waals surface area contributed by atoms with Crippen LogP contribution in [0, 0.1) is 6.92 Å². The number of hydrogen-bond acceptors (Lipinski definition) is 2. The van der Waals surface area contributed by atoms with Gasteiger partial charge in [0.2, 0.25) is 0 Å². The van der Waals surface area contributed by atoms with Crippen molar-refractivity contribution in [1.82, 2.24) is 0 Å². The van der Waals surface area contributed by atoms with Crippen LogP contribution >= 0.6 is 12.6 Å². The van der Waals surface area contributed by atoms with Gasteiger partial charge in [0.1, 0.15) is 0 Å². The summed E-state index contributed by atoms with van der Waals surface area (Å²) >= 11 is 3.53. The van der Waals surface area contributed by atoms with Crippen LogP contribution in [0.3, 0.4) is 0 Å². The Morgan fingerprint density at radius 2 is 1.60 bits per heavy atom. The largest absolute Gasteiger partial charge is 0.371 e. The molecule has 2 rings (SSSR count). The van der Waals surface area contributed by atoms with Gasteiger partial charge in [0.25, 0.3) is 0 Å². The number of rotatable bonds is 3. The summed E-state index contributed by atoms with van der Waals surface area (Å²) in [5, 5.41) is 2.59. The first-order valence-corrected chi connectivity index (χ1v) is 7.37. The fourth-order valence-electron chi connectivity index (χ4n) is 1.89. The third kappa shape index (κ3) is 5.14. The van der Waals surface area contributed by atoms with Gasteiger partial charge in [0, 0.05) is 19.3 Å². The van der Waals surface area contributed by atoms with Crippen LogP contribution in [0.1, 0.15) is 5.56 Å². The Kier molecular flexibility index (Phi) is 9.31. The topological polar surface area (TPSA) is 3.24 Å². The molecule has 0 unspecified atom stereocenters. The van der Waals surface area contributed by atoms with Crippen LogP contribution in [0.2, 0.25) is 0 Å². The van der Waals surface area contributed by atoms with Gasteiger partial charge in [-0.25, -0.2) is 0 Å². The molecule has 0 bridgehead atoms. The molecule has 0 aliphatic heterocycles. The van der Waals surface area contributed by atoms with E-state index in [-0.39, 0.29) is 0 Å². The molecule has 2 aromatic carbocycles. The van der Waals surface area contributed by atoms with Crippen LogP contribution in [-0.4, -0.2) is 19.8 Å². The minimum Gasteiger partial charge on any atom is -0.371 e. The van der Waals surface area contributed by atoms with E-state index in [0.717, 1.165) is 6.54 Å². The van der Waals surface area contributed by atoms with E-state index in [2.05, 4.69) is 87.6 Å². The average molecular weight is 287 g/mol. The van der Waals surface area contributed by atoms with Gasteiger partial charge in [-0.3, -0.25) is 0 Å². The molecule has 0 atom stereocenters. The number of likely N-dealkylation sites (N-methyl/N-ethyl adjacent to an activating group) is 1. The van der Waals surface area contributed by atoms with Crippen molar-refractivity contribution in [2.75, 3.05) is 24.7 Å². The summed E-state index contributed by atoms with van der Waals surface area (Å²) in [6, 6.07) is 13.1. The number of anilines is 1. The zero-order chi connectivity index (χ0) is 15.5.